The van der Waals surface area contributed by atoms with Crippen LogP contribution in [0.15, 0.2) is 18.2 Å². The fourth-order valence-corrected chi connectivity index (χ4v) is 2.05. The van der Waals surface area contributed by atoms with E-state index in [2.05, 4.69) is 5.32 Å². The summed E-state index contributed by atoms with van der Waals surface area (Å²) in [7, 11) is 0. The van der Waals surface area contributed by atoms with Gasteiger partial charge in [-0.15, -0.1) is 0 Å². The van der Waals surface area contributed by atoms with E-state index in [0.29, 0.717) is 18.0 Å². The van der Waals surface area contributed by atoms with Crippen LogP contribution in [0, 0.1) is 17.6 Å². The van der Waals surface area contributed by atoms with Crippen LogP contribution in [0.25, 0.3) is 0 Å². The molecule has 1 aromatic carbocycles. The fraction of sp³-hybridized carbons (Fsp3) is 0.538. The van der Waals surface area contributed by atoms with E-state index in [0.717, 1.165) is 38.7 Å². The zero-order valence-corrected chi connectivity index (χ0v) is 9.72. The Bertz CT molecular complexity index is 364. The van der Waals surface area contributed by atoms with E-state index in [1.165, 1.54) is 6.07 Å². The molecule has 1 aromatic rings. The Hall–Kier alpha value is -1.00. The second-order valence-corrected chi connectivity index (χ2v) is 4.40. The van der Waals surface area contributed by atoms with Crippen LogP contribution in [0.4, 0.5) is 8.78 Å². The highest BCUT2D eigenvalue weighted by Gasteiger charge is 2.13. The van der Waals surface area contributed by atoms with Crippen molar-refractivity contribution in [2.24, 2.45) is 5.92 Å². The molecule has 0 saturated carbocycles. The number of benzene rings is 1. The van der Waals surface area contributed by atoms with E-state index >= 15 is 0 Å². The Kier molecular flexibility index (Phi) is 4.45. The second-order valence-electron chi connectivity index (χ2n) is 4.40. The minimum absolute atomic E-state index is 0.376. The number of hydrogen-bond acceptors (Lipinski definition) is 2. The summed E-state index contributed by atoms with van der Waals surface area (Å²) in [5.74, 6) is -0.942. The zero-order valence-electron chi connectivity index (χ0n) is 9.72. The predicted molar refractivity (Wildman–Crippen MR) is 61.6 cm³/mol. The minimum Gasteiger partial charge on any atom is -0.381 e. The maximum absolute atomic E-state index is 13.3. The van der Waals surface area contributed by atoms with Gasteiger partial charge in [0.15, 0.2) is 11.6 Å². The third-order valence-electron chi connectivity index (χ3n) is 3.12. The number of ether oxygens (including phenoxy) is 1. The van der Waals surface area contributed by atoms with Crippen molar-refractivity contribution >= 4 is 0 Å². The monoisotopic (exact) mass is 241 g/mol. The molecule has 0 radical (unpaired) electrons. The van der Waals surface area contributed by atoms with Gasteiger partial charge < -0.3 is 10.1 Å². The van der Waals surface area contributed by atoms with Crippen LogP contribution in [0.2, 0.25) is 0 Å². The first-order chi connectivity index (χ1) is 8.27. The standard InChI is InChI=1S/C13H17F2NO/c14-12-3-1-2-11(13(12)15)9-16-8-10-4-6-17-7-5-10/h1-3,10,16H,4-9H2. The van der Waals surface area contributed by atoms with Crippen LogP contribution in [-0.4, -0.2) is 19.8 Å². The molecule has 17 heavy (non-hydrogen) atoms. The highest BCUT2D eigenvalue weighted by molar-refractivity contribution is 5.18. The molecule has 0 amide bonds. The summed E-state index contributed by atoms with van der Waals surface area (Å²) in [5, 5.41) is 3.18. The lowest BCUT2D eigenvalue weighted by molar-refractivity contribution is 0.0662. The Morgan fingerprint density at radius 2 is 2.00 bits per heavy atom. The van der Waals surface area contributed by atoms with E-state index in [1.54, 1.807) is 6.07 Å². The molecule has 1 aliphatic rings. The highest BCUT2D eigenvalue weighted by atomic mass is 19.2. The molecule has 0 spiro atoms. The molecule has 0 unspecified atom stereocenters. The van der Waals surface area contributed by atoms with E-state index in [4.69, 9.17) is 4.74 Å². The van der Waals surface area contributed by atoms with Crippen LogP contribution >= 0.6 is 0 Å². The van der Waals surface area contributed by atoms with Crippen molar-refractivity contribution in [1.29, 1.82) is 0 Å². The SMILES string of the molecule is Fc1cccc(CNCC2CCOCC2)c1F. The average Bonchev–Trinajstić information content (AvgIpc) is 2.36. The van der Waals surface area contributed by atoms with Crippen molar-refractivity contribution in [3.63, 3.8) is 0 Å². The number of rotatable bonds is 4. The average molecular weight is 241 g/mol. The molecule has 1 fully saturated rings. The summed E-state index contributed by atoms with van der Waals surface area (Å²) in [6, 6.07) is 4.27. The molecular weight excluding hydrogens is 224 g/mol. The van der Waals surface area contributed by atoms with Gasteiger partial charge in [-0.3, -0.25) is 0 Å². The van der Waals surface area contributed by atoms with Gasteiger partial charge in [-0.25, -0.2) is 8.78 Å². The maximum Gasteiger partial charge on any atom is 0.163 e. The van der Waals surface area contributed by atoms with Gasteiger partial charge in [-0.1, -0.05) is 12.1 Å². The first-order valence-corrected chi connectivity index (χ1v) is 5.98. The minimum atomic E-state index is -0.782. The molecule has 94 valence electrons. The molecule has 2 rings (SSSR count). The van der Waals surface area contributed by atoms with Crippen molar-refractivity contribution in [2.75, 3.05) is 19.8 Å². The highest BCUT2D eigenvalue weighted by Crippen LogP contribution is 2.14. The zero-order chi connectivity index (χ0) is 12.1. The second kappa shape index (κ2) is 6.07. The third-order valence-corrected chi connectivity index (χ3v) is 3.12. The Morgan fingerprint density at radius 1 is 1.24 bits per heavy atom. The van der Waals surface area contributed by atoms with Crippen molar-refractivity contribution in [3.05, 3.63) is 35.4 Å². The smallest absolute Gasteiger partial charge is 0.163 e. The summed E-state index contributed by atoms with van der Waals surface area (Å²) in [6.07, 6.45) is 2.08. The van der Waals surface area contributed by atoms with E-state index in [-0.39, 0.29) is 0 Å². The Morgan fingerprint density at radius 3 is 2.76 bits per heavy atom. The van der Waals surface area contributed by atoms with Gasteiger partial charge in [0.1, 0.15) is 0 Å². The summed E-state index contributed by atoms with van der Waals surface area (Å²) in [6.45, 7) is 2.82. The van der Waals surface area contributed by atoms with Gasteiger partial charge in [0.05, 0.1) is 0 Å². The van der Waals surface area contributed by atoms with Crippen molar-refractivity contribution in [2.45, 2.75) is 19.4 Å². The molecule has 2 nitrogen and oxygen atoms in total. The van der Waals surface area contributed by atoms with Crippen molar-refractivity contribution in [3.8, 4) is 0 Å². The summed E-state index contributed by atoms with van der Waals surface area (Å²) < 4.78 is 31.5. The normalized spacial score (nSPS) is 17.3. The summed E-state index contributed by atoms with van der Waals surface area (Å²) in [4.78, 5) is 0. The van der Waals surface area contributed by atoms with Crippen LogP contribution in [0.1, 0.15) is 18.4 Å². The molecule has 1 saturated heterocycles. The van der Waals surface area contributed by atoms with Crippen molar-refractivity contribution in [1.82, 2.24) is 5.32 Å². The van der Waals surface area contributed by atoms with Gasteiger partial charge in [0.2, 0.25) is 0 Å². The first kappa shape index (κ1) is 12.5. The predicted octanol–water partition coefficient (Wildman–Crippen LogP) is 2.48. The summed E-state index contributed by atoms with van der Waals surface area (Å²) >= 11 is 0. The van der Waals surface area contributed by atoms with Gasteiger partial charge in [0, 0.05) is 25.3 Å². The first-order valence-electron chi connectivity index (χ1n) is 5.98. The third kappa shape index (κ3) is 3.48. The maximum atomic E-state index is 13.3. The molecule has 1 aliphatic heterocycles. The van der Waals surface area contributed by atoms with Gasteiger partial charge in [-0.2, -0.15) is 0 Å². The number of hydrogen-bond donors (Lipinski definition) is 1. The van der Waals surface area contributed by atoms with E-state index < -0.39 is 11.6 Å². The van der Waals surface area contributed by atoms with Gasteiger partial charge in [0.25, 0.3) is 0 Å². The Labute approximate surface area is 100.0 Å². The van der Waals surface area contributed by atoms with Crippen molar-refractivity contribution < 1.29 is 13.5 Å². The molecule has 1 heterocycles. The lowest BCUT2D eigenvalue weighted by Gasteiger charge is -2.22. The molecular formula is C13H17F2NO. The molecule has 0 bridgehead atoms. The molecule has 0 atom stereocenters. The van der Waals surface area contributed by atoms with E-state index in [1.807, 2.05) is 0 Å². The van der Waals surface area contributed by atoms with Crippen LogP contribution in [0.5, 0.6) is 0 Å². The molecule has 0 aliphatic carbocycles. The van der Waals surface area contributed by atoms with Gasteiger partial charge >= 0.3 is 0 Å². The fourth-order valence-electron chi connectivity index (χ4n) is 2.05. The quantitative estimate of drug-likeness (QED) is 0.874. The van der Waals surface area contributed by atoms with Crippen LogP contribution in [-0.2, 0) is 11.3 Å². The van der Waals surface area contributed by atoms with E-state index in [9.17, 15) is 8.78 Å². The number of nitrogens with one attached hydrogen (secondary N) is 1. The lowest BCUT2D eigenvalue weighted by atomic mass is 10.0. The molecule has 4 heteroatoms. The topological polar surface area (TPSA) is 21.3 Å². The Balaban J connectivity index is 1.79. The molecule has 0 aromatic heterocycles. The van der Waals surface area contributed by atoms with Crippen LogP contribution in [0.3, 0.4) is 0 Å². The largest absolute Gasteiger partial charge is 0.381 e. The number of halogens is 2. The summed E-state index contributed by atoms with van der Waals surface area (Å²) in [5.41, 5.74) is 0.386. The van der Waals surface area contributed by atoms with Gasteiger partial charge in [-0.05, 0) is 31.4 Å². The van der Waals surface area contributed by atoms with Crippen LogP contribution < -0.4 is 5.32 Å². The lowest BCUT2D eigenvalue weighted by Crippen LogP contribution is -2.27. The molecule has 1 N–H and O–H groups in total.